The quantitative estimate of drug-likeness (QED) is 0.461. The van der Waals surface area contributed by atoms with Crippen LogP contribution in [0.25, 0.3) is 0 Å². The highest BCUT2D eigenvalue weighted by atomic mass is 16.2. The van der Waals surface area contributed by atoms with Gasteiger partial charge in [-0.05, 0) is 12.5 Å². The third-order valence-electron chi connectivity index (χ3n) is 3.94. The van der Waals surface area contributed by atoms with Crippen molar-refractivity contribution in [1.82, 2.24) is 4.90 Å². The number of carbonyl (C=O) groups excluding carboxylic acids is 4. The van der Waals surface area contributed by atoms with Gasteiger partial charge in [0.2, 0.25) is 0 Å². The molecule has 0 aromatic heterocycles. The summed E-state index contributed by atoms with van der Waals surface area (Å²) in [5, 5.41) is 2.99. The van der Waals surface area contributed by atoms with Gasteiger partial charge in [0.1, 0.15) is 6.29 Å². The van der Waals surface area contributed by atoms with E-state index in [9.17, 15) is 19.2 Å². The largest absolute Gasteiger partial charge is 0.384 e. The number of anilines is 1. The number of Topliss-reactive ketones (excluding diaryl/α,β-unsaturated/α-hetero) is 1. The van der Waals surface area contributed by atoms with Crippen LogP contribution in [0.15, 0.2) is 18.2 Å². The number of hydrogen-bond acceptors (Lipinski definition) is 6. The number of aldehydes is 2. The minimum Gasteiger partial charge on any atom is -0.384 e. The lowest BCUT2D eigenvalue weighted by molar-refractivity contribution is -0.122. The minimum atomic E-state index is -0.634. The van der Waals surface area contributed by atoms with Gasteiger partial charge in [-0.2, -0.15) is 0 Å². The SMILES string of the molecule is CCCC(C(=O)CN)N(C)C(=O)c1c(C=O)cccc1NCCC=O. The van der Waals surface area contributed by atoms with E-state index in [2.05, 4.69) is 5.32 Å². The molecule has 0 aliphatic rings. The standard InChI is InChI=1S/C18H25N3O4/c1-3-6-15(16(24)11-19)21(2)18(25)17-13(12-23)7-4-8-14(17)20-9-5-10-22/h4,7-8,10,12,15,20H,3,5-6,9,11,19H2,1-2H3. The molecule has 25 heavy (non-hydrogen) atoms. The molecule has 0 spiro atoms. The van der Waals surface area contributed by atoms with E-state index in [0.717, 1.165) is 6.29 Å². The molecular weight excluding hydrogens is 322 g/mol. The highest BCUT2D eigenvalue weighted by Crippen LogP contribution is 2.22. The highest BCUT2D eigenvalue weighted by Gasteiger charge is 2.28. The number of hydrogen-bond donors (Lipinski definition) is 2. The zero-order valence-electron chi connectivity index (χ0n) is 14.7. The average molecular weight is 347 g/mol. The molecule has 0 saturated heterocycles. The zero-order valence-corrected chi connectivity index (χ0v) is 14.7. The van der Waals surface area contributed by atoms with Crippen molar-refractivity contribution in [3.8, 4) is 0 Å². The number of carbonyl (C=O) groups is 4. The maximum atomic E-state index is 13.0. The van der Waals surface area contributed by atoms with E-state index < -0.39 is 11.9 Å². The van der Waals surface area contributed by atoms with E-state index in [1.807, 2.05) is 6.92 Å². The summed E-state index contributed by atoms with van der Waals surface area (Å²) in [6.07, 6.45) is 2.86. The van der Waals surface area contributed by atoms with Crippen LogP contribution in [0.2, 0.25) is 0 Å². The Morgan fingerprint density at radius 2 is 2.04 bits per heavy atom. The molecule has 1 atom stereocenters. The molecule has 1 amide bonds. The van der Waals surface area contributed by atoms with Crippen LogP contribution in [0.5, 0.6) is 0 Å². The fourth-order valence-corrected chi connectivity index (χ4v) is 2.62. The number of rotatable bonds is 11. The lowest BCUT2D eigenvalue weighted by atomic mass is 10.0. The lowest BCUT2D eigenvalue weighted by Gasteiger charge is -2.28. The predicted octanol–water partition coefficient (Wildman–Crippen LogP) is 1.27. The molecular formula is C18H25N3O4. The molecule has 1 rings (SSSR count). The predicted molar refractivity (Wildman–Crippen MR) is 95.9 cm³/mol. The maximum Gasteiger partial charge on any atom is 0.257 e. The topological polar surface area (TPSA) is 110 Å². The summed E-state index contributed by atoms with van der Waals surface area (Å²) in [5.41, 5.74) is 6.33. The van der Waals surface area contributed by atoms with Gasteiger partial charge >= 0.3 is 0 Å². The molecule has 0 fully saturated rings. The summed E-state index contributed by atoms with van der Waals surface area (Å²) >= 11 is 0. The monoisotopic (exact) mass is 347 g/mol. The van der Waals surface area contributed by atoms with Gasteiger partial charge in [-0.1, -0.05) is 25.5 Å². The van der Waals surface area contributed by atoms with Crippen LogP contribution in [0.3, 0.4) is 0 Å². The van der Waals surface area contributed by atoms with E-state index in [-0.39, 0.29) is 29.9 Å². The molecule has 1 aromatic carbocycles. The van der Waals surface area contributed by atoms with Crippen LogP contribution in [0.1, 0.15) is 46.9 Å². The van der Waals surface area contributed by atoms with Crippen molar-refractivity contribution in [2.45, 2.75) is 32.2 Å². The second-order valence-corrected chi connectivity index (χ2v) is 5.66. The van der Waals surface area contributed by atoms with Crippen LogP contribution in [-0.2, 0) is 9.59 Å². The molecule has 1 unspecified atom stereocenters. The Balaban J connectivity index is 3.22. The molecule has 7 nitrogen and oxygen atoms in total. The maximum absolute atomic E-state index is 13.0. The minimum absolute atomic E-state index is 0.151. The molecule has 0 radical (unpaired) electrons. The van der Waals surface area contributed by atoms with Crippen LogP contribution in [0, 0.1) is 0 Å². The zero-order chi connectivity index (χ0) is 18.8. The number of nitrogens with one attached hydrogen (secondary N) is 1. The molecule has 136 valence electrons. The third kappa shape index (κ3) is 5.22. The molecule has 3 N–H and O–H groups in total. The molecule has 0 saturated carbocycles. The average Bonchev–Trinajstić information content (AvgIpc) is 2.64. The number of benzene rings is 1. The van der Waals surface area contributed by atoms with Crippen molar-refractivity contribution in [3.63, 3.8) is 0 Å². The molecule has 0 heterocycles. The van der Waals surface area contributed by atoms with E-state index in [1.165, 1.54) is 11.9 Å². The highest BCUT2D eigenvalue weighted by molar-refractivity contribution is 6.07. The third-order valence-corrected chi connectivity index (χ3v) is 3.94. The molecule has 1 aromatic rings. The van der Waals surface area contributed by atoms with Crippen LogP contribution in [0.4, 0.5) is 5.69 Å². The Kier molecular flexibility index (Phi) is 8.49. The van der Waals surface area contributed by atoms with Crippen LogP contribution in [-0.4, -0.2) is 55.3 Å². The van der Waals surface area contributed by atoms with Crippen molar-refractivity contribution in [1.29, 1.82) is 0 Å². The number of nitrogens with zero attached hydrogens (tertiary/aromatic N) is 1. The fraction of sp³-hybridized carbons (Fsp3) is 0.444. The van der Waals surface area contributed by atoms with Crippen molar-refractivity contribution in [3.05, 3.63) is 29.3 Å². The molecule has 0 aliphatic carbocycles. The van der Waals surface area contributed by atoms with Gasteiger partial charge in [0, 0.05) is 31.3 Å². The number of nitrogens with two attached hydrogens (primary N) is 1. The summed E-state index contributed by atoms with van der Waals surface area (Å²) in [5.74, 6) is -0.659. The molecule has 7 heteroatoms. The molecule has 0 aliphatic heterocycles. The fourth-order valence-electron chi connectivity index (χ4n) is 2.62. The van der Waals surface area contributed by atoms with Crippen molar-refractivity contribution < 1.29 is 19.2 Å². The Morgan fingerprint density at radius 1 is 1.32 bits per heavy atom. The van der Waals surface area contributed by atoms with E-state index >= 15 is 0 Å². The van der Waals surface area contributed by atoms with Crippen molar-refractivity contribution in [2.75, 3.05) is 25.5 Å². The van der Waals surface area contributed by atoms with Gasteiger partial charge in [-0.3, -0.25) is 14.4 Å². The van der Waals surface area contributed by atoms with Crippen molar-refractivity contribution in [2.24, 2.45) is 5.73 Å². The van der Waals surface area contributed by atoms with Crippen LogP contribution >= 0.6 is 0 Å². The van der Waals surface area contributed by atoms with Gasteiger partial charge < -0.3 is 20.7 Å². The summed E-state index contributed by atoms with van der Waals surface area (Å²) in [6, 6.07) is 4.22. The van der Waals surface area contributed by atoms with E-state index in [0.29, 0.717) is 31.4 Å². The van der Waals surface area contributed by atoms with Crippen LogP contribution < -0.4 is 11.1 Å². The number of amides is 1. The van der Waals surface area contributed by atoms with Gasteiger partial charge in [0.15, 0.2) is 12.1 Å². The second kappa shape index (κ2) is 10.4. The summed E-state index contributed by atoms with van der Waals surface area (Å²) < 4.78 is 0. The van der Waals surface area contributed by atoms with Gasteiger partial charge in [-0.15, -0.1) is 0 Å². The first-order chi connectivity index (χ1) is 12.0. The Bertz CT molecular complexity index is 631. The molecule has 0 bridgehead atoms. The first-order valence-corrected chi connectivity index (χ1v) is 8.27. The first-order valence-electron chi connectivity index (χ1n) is 8.27. The second-order valence-electron chi connectivity index (χ2n) is 5.66. The Morgan fingerprint density at radius 3 is 2.60 bits per heavy atom. The Labute approximate surface area is 147 Å². The first kappa shape index (κ1) is 20.5. The number of ketones is 1. The summed E-state index contributed by atoms with van der Waals surface area (Å²) in [6.45, 7) is 2.11. The van der Waals surface area contributed by atoms with Gasteiger partial charge in [0.05, 0.1) is 18.2 Å². The lowest BCUT2D eigenvalue weighted by Crippen LogP contribution is -2.45. The normalized spacial score (nSPS) is 11.5. The Hall–Kier alpha value is -2.54. The van der Waals surface area contributed by atoms with E-state index in [4.69, 9.17) is 5.73 Å². The summed E-state index contributed by atoms with van der Waals surface area (Å²) in [7, 11) is 1.53. The summed E-state index contributed by atoms with van der Waals surface area (Å²) in [4.78, 5) is 48.3. The van der Waals surface area contributed by atoms with Gasteiger partial charge in [0.25, 0.3) is 5.91 Å². The van der Waals surface area contributed by atoms with Gasteiger partial charge in [-0.25, -0.2) is 0 Å². The number of likely N-dealkylation sites (N-methyl/N-ethyl adjacent to an activating group) is 1. The van der Waals surface area contributed by atoms with Crippen molar-refractivity contribution >= 4 is 30.0 Å². The smallest absolute Gasteiger partial charge is 0.257 e. The van der Waals surface area contributed by atoms with E-state index in [1.54, 1.807) is 18.2 Å².